The number of aromatic nitrogens is 1. The Kier molecular flexibility index (Phi) is 5.28. The van der Waals surface area contributed by atoms with Gasteiger partial charge in [0.1, 0.15) is 5.01 Å². The summed E-state index contributed by atoms with van der Waals surface area (Å²) in [6.45, 7) is 2.87. The van der Waals surface area contributed by atoms with Gasteiger partial charge in [0.15, 0.2) is 0 Å². The Balaban J connectivity index is 2.18. The van der Waals surface area contributed by atoms with Crippen molar-refractivity contribution in [2.24, 2.45) is 0 Å². The lowest BCUT2D eigenvalue weighted by Gasteiger charge is -2.17. The van der Waals surface area contributed by atoms with Crippen molar-refractivity contribution in [3.05, 3.63) is 40.9 Å². The van der Waals surface area contributed by atoms with Crippen LogP contribution in [0.5, 0.6) is 0 Å². The van der Waals surface area contributed by atoms with E-state index in [-0.39, 0.29) is 13.1 Å². The standard InChI is InChI=1S/C14H17FN2O3S2/c1-10-3-5-12(6-4-10)14-16-13(9-21-14)8-17(7-11(2)18)22(15,19)20/h3-6,9,11,18H,7-8H2,1-2H3/t11-/m0/s1. The molecule has 0 fully saturated rings. The molecular weight excluding hydrogens is 327 g/mol. The molecule has 0 spiro atoms. The summed E-state index contributed by atoms with van der Waals surface area (Å²) in [5.41, 5.74) is 2.50. The van der Waals surface area contributed by atoms with Crippen LogP contribution in [0.25, 0.3) is 10.6 Å². The summed E-state index contributed by atoms with van der Waals surface area (Å²) >= 11 is 1.36. The average molecular weight is 344 g/mol. The van der Waals surface area contributed by atoms with Crippen LogP contribution < -0.4 is 0 Å². The van der Waals surface area contributed by atoms with E-state index in [1.165, 1.54) is 18.3 Å². The molecule has 2 aromatic rings. The smallest absolute Gasteiger partial charge is 0.375 e. The molecule has 1 N–H and O–H groups in total. The lowest BCUT2D eigenvalue weighted by atomic mass is 10.2. The maximum Gasteiger partial charge on any atom is 0.375 e. The number of benzene rings is 1. The van der Waals surface area contributed by atoms with Crippen molar-refractivity contribution in [2.45, 2.75) is 26.5 Å². The molecule has 1 atom stereocenters. The molecule has 0 aliphatic heterocycles. The minimum Gasteiger partial charge on any atom is -0.392 e. The Bertz CT molecular complexity index is 727. The minimum absolute atomic E-state index is 0.202. The molecule has 0 amide bonds. The van der Waals surface area contributed by atoms with Gasteiger partial charge in [-0.2, -0.15) is 12.7 Å². The first-order valence-corrected chi connectivity index (χ1v) is 8.87. The summed E-state index contributed by atoms with van der Waals surface area (Å²) in [7, 11) is -4.88. The van der Waals surface area contributed by atoms with Crippen molar-refractivity contribution in [3.8, 4) is 10.6 Å². The van der Waals surface area contributed by atoms with Gasteiger partial charge in [0.05, 0.1) is 18.3 Å². The molecule has 120 valence electrons. The number of hydrogen-bond acceptors (Lipinski definition) is 5. The van der Waals surface area contributed by atoms with Gasteiger partial charge in [-0.3, -0.25) is 0 Å². The Labute approximate surface area is 133 Å². The molecule has 2 rings (SSSR count). The Morgan fingerprint density at radius 1 is 1.36 bits per heavy atom. The highest BCUT2D eigenvalue weighted by Crippen LogP contribution is 2.25. The summed E-state index contributed by atoms with van der Waals surface area (Å²) in [6, 6.07) is 7.78. The fraction of sp³-hybridized carbons (Fsp3) is 0.357. The van der Waals surface area contributed by atoms with Crippen molar-refractivity contribution >= 4 is 21.7 Å². The van der Waals surface area contributed by atoms with Gasteiger partial charge in [-0.15, -0.1) is 11.3 Å². The molecule has 5 nitrogen and oxygen atoms in total. The molecule has 8 heteroatoms. The number of thiazole rings is 1. The number of aryl methyl sites for hydroxylation is 1. The van der Waals surface area contributed by atoms with Gasteiger partial charge in [0, 0.05) is 17.5 Å². The molecular formula is C14H17FN2O3S2. The van der Waals surface area contributed by atoms with Crippen LogP contribution in [-0.4, -0.2) is 35.5 Å². The normalized spacial score (nSPS) is 13.5. The van der Waals surface area contributed by atoms with Gasteiger partial charge in [-0.05, 0) is 13.8 Å². The van der Waals surface area contributed by atoms with E-state index < -0.39 is 16.5 Å². The first-order valence-electron chi connectivity index (χ1n) is 6.65. The highest BCUT2D eigenvalue weighted by Gasteiger charge is 2.24. The predicted octanol–water partition coefficient (Wildman–Crippen LogP) is 2.52. The molecule has 0 radical (unpaired) electrons. The van der Waals surface area contributed by atoms with Gasteiger partial charge in [0.2, 0.25) is 0 Å². The zero-order valence-electron chi connectivity index (χ0n) is 12.2. The topological polar surface area (TPSA) is 70.5 Å². The fourth-order valence-electron chi connectivity index (χ4n) is 1.91. The lowest BCUT2D eigenvalue weighted by Crippen LogP contribution is -2.33. The van der Waals surface area contributed by atoms with E-state index in [4.69, 9.17) is 0 Å². The summed E-state index contributed by atoms with van der Waals surface area (Å²) in [6.07, 6.45) is -0.958. The Hall–Kier alpha value is -1.35. The second-order valence-electron chi connectivity index (χ2n) is 5.09. The molecule has 1 heterocycles. The van der Waals surface area contributed by atoms with Gasteiger partial charge >= 0.3 is 10.4 Å². The van der Waals surface area contributed by atoms with E-state index >= 15 is 0 Å². The molecule has 22 heavy (non-hydrogen) atoms. The first-order chi connectivity index (χ1) is 10.3. The van der Waals surface area contributed by atoms with E-state index in [0.717, 1.165) is 16.1 Å². The van der Waals surface area contributed by atoms with E-state index in [1.54, 1.807) is 5.38 Å². The van der Waals surface area contributed by atoms with Crippen molar-refractivity contribution < 1.29 is 17.4 Å². The van der Waals surface area contributed by atoms with E-state index in [0.29, 0.717) is 10.00 Å². The van der Waals surface area contributed by atoms with Crippen LogP contribution in [0.3, 0.4) is 0 Å². The van der Waals surface area contributed by atoms with Crippen molar-refractivity contribution in [2.75, 3.05) is 6.54 Å². The number of hydrogen-bond donors (Lipinski definition) is 1. The van der Waals surface area contributed by atoms with Crippen molar-refractivity contribution in [1.82, 2.24) is 9.29 Å². The van der Waals surface area contributed by atoms with Gasteiger partial charge in [-0.1, -0.05) is 33.7 Å². The van der Waals surface area contributed by atoms with E-state index in [9.17, 15) is 17.4 Å². The SMILES string of the molecule is Cc1ccc(-c2nc(CN(C[C@H](C)O)S(=O)(=O)F)cs2)cc1. The van der Waals surface area contributed by atoms with Crippen LogP contribution in [0.1, 0.15) is 18.2 Å². The summed E-state index contributed by atoms with van der Waals surface area (Å²) < 4.78 is 36.0. The highest BCUT2D eigenvalue weighted by molar-refractivity contribution is 7.83. The molecule has 1 aromatic heterocycles. The maximum absolute atomic E-state index is 13.2. The largest absolute Gasteiger partial charge is 0.392 e. The highest BCUT2D eigenvalue weighted by atomic mass is 32.3. The first kappa shape index (κ1) is 17.0. The third-order valence-corrected chi connectivity index (χ3v) is 4.80. The Morgan fingerprint density at radius 2 is 2.00 bits per heavy atom. The lowest BCUT2D eigenvalue weighted by molar-refractivity contribution is 0.158. The summed E-state index contributed by atoms with van der Waals surface area (Å²) in [5, 5.41) is 11.7. The third kappa shape index (κ3) is 4.57. The molecule has 0 saturated carbocycles. The molecule has 0 aliphatic rings. The van der Waals surface area contributed by atoms with Crippen LogP contribution in [-0.2, 0) is 17.0 Å². The fourth-order valence-corrected chi connectivity index (χ4v) is 3.41. The van der Waals surface area contributed by atoms with Gasteiger partial charge in [-0.25, -0.2) is 4.98 Å². The van der Waals surface area contributed by atoms with Crippen molar-refractivity contribution in [3.63, 3.8) is 0 Å². The number of aliphatic hydroxyl groups is 1. The van der Waals surface area contributed by atoms with Crippen LogP contribution in [0.15, 0.2) is 29.6 Å². The molecule has 1 aromatic carbocycles. The number of nitrogens with zero attached hydrogens (tertiary/aromatic N) is 2. The molecule has 0 bridgehead atoms. The van der Waals surface area contributed by atoms with E-state index in [2.05, 4.69) is 4.98 Å². The van der Waals surface area contributed by atoms with Gasteiger partial charge < -0.3 is 5.11 Å². The van der Waals surface area contributed by atoms with Crippen LogP contribution in [0.2, 0.25) is 0 Å². The second-order valence-corrected chi connectivity index (χ2v) is 7.29. The van der Waals surface area contributed by atoms with E-state index in [1.807, 2.05) is 31.2 Å². The number of aliphatic hydroxyl groups excluding tert-OH is 1. The Morgan fingerprint density at radius 3 is 2.55 bits per heavy atom. The third-order valence-electron chi connectivity index (χ3n) is 2.96. The molecule has 0 unspecified atom stereocenters. The monoisotopic (exact) mass is 344 g/mol. The van der Waals surface area contributed by atoms with Crippen LogP contribution in [0, 0.1) is 6.92 Å². The minimum atomic E-state index is -4.88. The summed E-state index contributed by atoms with van der Waals surface area (Å²) in [5.74, 6) is 0. The van der Waals surface area contributed by atoms with Crippen LogP contribution >= 0.6 is 11.3 Å². The van der Waals surface area contributed by atoms with Gasteiger partial charge in [0.25, 0.3) is 0 Å². The number of halogens is 1. The molecule has 0 aliphatic carbocycles. The number of rotatable bonds is 6. The quantitative estimate of drug-likeness (QED) is 0.818. The zero-order valence-corrected chi connectivity index (χ0v) is 13.9. The average Bonchev–Trinajstić information content (AvgIpc) is 2.86. The second kappa shape index (κ2) is 6.82. The summed E-state index contributed by atoms with van der Waals surface area (Å²) in [4.78, 5) is 4.33. The van der Waals surface area contributed by atoms with Crippen LogP contribution in [0.4, 0.5) is 3.89 Å². The van der Waals surface area contributed by atoms with Crippen molar-refractivity contribution in [1.29, 1.82) is 0 Å². The maximum atomic E-state index is 13.2. The predicted molar refractivity (Wildman–Crippen MR) is 84.4 cm³/mol. The zero-order chi connectivity index (χ0) is 16.3. The molecule has 0 saturated heterocycles.